The van der Waals surface area contributed by atoms with E-state index in [-0.39, 0.29) is 5.56 Å². The summed E-state index contributed by atoms with van der Waals surface area (Å²) in [4.78, 5) is 13.8. The number of hydrogen-bond donors (Lipinski definition) is 1. The van der Waals surface area contributed by atoms with Gasteiger partial charge in [-0.15, -0.1) is 0 Å². The second-order valence-corrected chi connectivity index (χ2v) is 4.47. The topological polar surface area (TPSA) is 41.0 Å². The average molecular weight is 195 g/mol. The van der Waals surface area contributed by atoms with E-state index in [4.69, 9.17) is 0 Å². The summed E-state index contributed by atoms with van der Waals surface area (Å²) < 4.78 is 1.87. The van der Waals surface area contributed by atoms with Crippen molar-refractivity contribution in [2.75, 3.05) is 7.05 Å². The van der Waals surface area contributed by atoms with Crippen LogP contribution < -0.4 is 5.56 Å². The van der Waals surface area contributed by atoms with E-state index in [1.165, 1.54) is 0 Å². The molecule has 78 valence electrons. The summed E-state index contributed by atoms with van der Waals surface area (Å²) in [5.74, 6) is 0.530. The minimum atomic E-state index is 0.0671. The van der Waals surface area contributed by atoms with Gasteiger partial charge in [-0.05, 0) is 13.0 Å². The Kier molecular flexibility index (Phi) is 2.03. The Labute approximate surface area is 83.5 Å². The van der Waals surface area contributed by atoms with E-state index in [1.54, 1.807) is 0 Å². The summed E-state index contributed by atoms with van der Waals surface area (Å²) in [6.07, 6.45) is 0. The van der Waals surface area contributed by atoms with E-state index in [0.717, 1.165) is 17.8 Å². The molecule has 1 aromatic heterocycles. The number of nitrogens with one attached hydrogen (secondary N) is 1. The van der Waals surface area contributed by atoms with Gasteiger partial charge in [-0.25, -0.2) is 0 Å². The lowest BCUT2D eigenvalue weighted by Gasteiger charge is -2.24. The van der Waals surface area contributed by atoms with Crippen LogP contribution in [0, 0.1) is 5.92 Å². The normalized spacial score (nSPS) is 21.9. The lowest BCUT2D eigenvalue weighted by Crippen LogP contribution is -2.24. The molecule has 2 heterocycles. The maximum absolute atomic E-state index is 11.5. The number of H-pyrrole nitrogens is 1. The molecule has 1 aliphatic heterocycles. The van der Waals surface area contributed by atoms with Crippen molar-refractivity contribution in [2.45, 2.75) is 26.4 Å². The van der Waals surface area contributed by atoms with Crippen LogP contribution in [0.2, 0.25) is 0 Å². The second-order valence-electron chi connectivity index (χ2n) is 4.47. The molecule has 0 aromatic carbocycles. The second kappa shape index (κ2) is 2.98. The summed E-state index contributed by atoms with van der Waals surface area (Å²) in [6, 6.07) is 0.369. The number of hydrogen-bond acceptors (Lipinski definition) is 2. The molecule has 0 amide bonds. The van der Waals surface area contributed by atoms with Gasteiger partial charge in [0.2, 0.25) is 0 Å². The average Bonchev–Trinajstić information content (AvgIpc) is 2.52. The van der Waals surface area contributed by atoms with Crippen LogP contribution in [0.3, 0.4) is 0 Å². The van der Waals surface area contributed by atoms with Crippen LogP contribution in [0.4, 0.5) is 0 Å². The molecule has 2 rings (SSSR count). The van der Waals surface area contributed by atoms with Crippen molar-refractivity contribution in [3.8, 4) is 0 Å². The molecule has 0 saturated carbocycles. The van der Waals surface area contributed by atoms with E-state index in [9.17, 15) is 4.79 Å². The van der Waals surface area contributed by atoms with Gasteiger partial charge in [-0.1, -0.05) is 13.8 Å². The first-order chi connectivity index (χ1) is 6.52. The standard InChI is InChI=1S/C10H17N3O/c1-6(2)8-9-7(5-12(8)3)10(14)11-13(9)4/h6,8H,5H2,1-4H3,(H,11,14). The molecular formula is C10H17N3O. The van der Waals surface area contributed by atoms with Crippen LogP contribution >= 0.6 is 0 Å². The summed E-state index contributed by atoms with van der Waals surface area (Å²) in [7, 11) is 3.98. The minimum Gasteiger partial charge on any atom is -0.293 e. The highest BCUT2D eigenvalue weighted by molar-refractivity contribution is 5.26. The van der Waals surface area contributed by atoms with Crippen molar-refractivity contribution < 1.29 is 0 Å². The smallest absolute Gasteiger partial charge is 0.268 e. The van der Waals surface area contributed by atoms with Gasteiger partial charge >= 0.3 is 0 Å². The third-order valence-electron chi connectivity index (χ3n) is 3.01. The number of aromatic nitrogens is 2. The van der Waals surface area contributed by atoms with Crippen molar-refractivity contribution in [1.29, 1.82) is 0 Å². The molecule has 1 N–H and O–H groups in total. The van der Waals surface area contributed by atoms with Gasteiger partial charge < -0.3 is 0 Å². The highest BCUT2D eigenvalue weighted by atomic mass is 16.1. The monoisotopic (exact) mass is 195 g/mol. The molecule has 0 fully saturated rings. The summed E-state index contributed by atoms with van der Waals surface area (Å²) in [6.45, 7) is 5.15. The van der Waals surface area contributed by atoms with Crippen molar-refractivity contribution in [3.63, 3.8) is 0 Å². The molecule has 0 spiro atoms. The maximum Gasteiger partial charge on any atom is 0.268 e. The van der Waals surface area contributed by atoms with Crippen LogP contribution in [-0.2, 0) is 13.6 Å². The molecule has 1 atom stereocenters. The molecule has 4 nitrogen and oxygen atoms in total. The number of aryl methyl sites for hydroxylation is 1. The van der Waals surface area contributed by atoms with Gasteiger partial charge in [-0.2, -0.15) is 0 Å². The summed E-state index contributed by atoms with van der Waals surface area (Å²) >= 11 is 0. The van der Waals surface area contributed by atoms with Crippen LogP contribution in [-0.4, -0.2) is 21.7 Å². The van der Waals surface area contributed by atoms with Crippen molar-refractivity contribution in [3.05, 3.63) is 21.6 Å². The van der Waals surface area contributed by atoms with Crippen LogP contribution in [0.5, 0.6) is 0 Å². The molecule has 0 bridgehead atoms. The van der Waals surface area contributed by atoms with E-state index in [2.05, 4.69) is 30.9 Å². The quantitative estimate of drug-likeness (QED) is 0.722. The zero-order valence-electron chi connectivity index (χ0n) is 9.16. The fourth-order valence-electron chi connectivity index (χ4n) is 2.51. The number of fused-ring (bicyclic) bond motifs is 1. The Morgan fingerprint density at radius 3 is 2.64 bits per heavy atom. The Hall–Kier alpha value is -1.03. The molecule has 1 aromatic rings. The van der Waals surface area contributed by atoms with Gasteiger partial charge in [-0.3, -0.25) is 19.5 Å². The fourth-order valence-corrected chi connectivity index (χ4v) is 2.51. The molecule has 0 radical (unpaired) electrons. The first kappa shape index (κ1) is 9.52. The number of aromatic amines is 1. The van der Waals surface area contributed by atoms with E-state index in [0.29, 0.717) is 12.0 Å². The molecule has 0 aliphatic carbocycles. The predicted molar refractivity (Wildman–Crippen MR) is 55.1 cm³/mol. The Balaban J connectivity index is 2.55. The highest BCUT2D eigenvalue weighted by Gasteiger charge is 2.34. The summed E-state index contributed by atoms with van der Waals surface area (Å²) in [5.41, 5.74) is 2.17. The number of nitrogens with zero attached hydrogens (tertiary/aromatic N) is 2. The van der Waals surface area contributed by atoms with Crippen molar-refractivity contribution in [1.82, 2.24) is 14.7 Å². The van der Waals surface area contributed by atoms with Crippen molar-refractivity contribution in [2.24, 2.45) is 13.0 Å². The first-order valence-corrected chi connectivity index (χ1v) is 5.00. The van der Waals surface area contributed by atoms with Gasteiger partial charge in [0, 0.05) is 13.6 Å². The fraction of sp³-hybridized carbons (Fsp3) is 0.700. The Morgan fingerprint density at radius 2 is 2.07 bits per heavy atom. The third-order valence-corrected chi connectivity index (χ3v) is 3.01. The first-order valence-electron chi connectivity index (χ1n) is 5.00. The molecule has 4 heteroatoms. The molecule has 1 unspecified atom stereocenters. The van der Waals surface area contributed by atoms with Gasteiger partial charge in [0.25, 0.3) is 5.56 Å². The molecular weight excluding hydrogens is 178 g/mol. The zero-order chi connectivity index (χ0) is 10.5. The SMILES string of the molecule is CC(C)C1c2c(c(=O)[nH]n2C)CN1C. The molecule has 14 heavy (non-hydrogen) atoms. The summed E-state index contributed by atoms with van der Waals surface area (Å²) in [5, 5.41) is 2.82. The van der Waals surface area contributed by atoms with E-state index < -0.39 is 0 Å². The van der Waals surface area contributed by atoms with Crippen molar-refractivity contribution >= 4 is 0 Å². The van der Waals surface area contributed by atoms with Gasteiger partial charge in [0.05, 0.1) is 17.3 Å². The molecule has 1 aliphatic rings. The highest BCUT2D eigenvalue weighted by Crippen LogP contribution is 2.35. The minimum absolute atomic E-state index is 0.0671. The van der Waals surface area contributed by atoms with E-state index in [1.807, 2.05) is 11.7 Å². The van der Waals surface area contributed by atoms with Crippen LogP contribution in [0.15, 0.2) is 4.79 Å². The van der Waals surface area contributed by atoms with Gasteiger partial charge in [0.1, 0.15) is 0 Å². The lowest BCUT2D eigenvalue weighted by atomic mass is 10.0. The maximum atomic E-state index is 11.5. The predicted octanol–water partition coefficient (Wildman–Crippen LogP) is 0.856. The van der Waals surface area contributed by atoms with Crippen LogP contribution in [0.25, 0.3) is 0 Å². The largest absolute Gasteiger partial charge is 0.293 e. The van der Waals surface area contributed by atoms with Gasteiger partial charge in [0.15, 0.2) is 0 Å². The van der Waals surface area contributed by atoms with Crippen LogP contribution in [0.1, 0.15) is 31.1 Å². The molecule has 0 saturated heterocycles. The number of rotatable bonds is 1. The zero-order valence-corrected chi connectivity index (χ0v) is 9.16. The van der Waals surface area contributed by atoms with E-state index >= 15 is 0 Å². The Morgan fingerprint density at radius 1 is 1.43 bits per heavy atom. The third kappa shape index (κ3) is 1.14. The lowest BCUT2D eigenvalue weighted by molar-refractivity contribution is 0.205. The Bertz CT molecular complexity index is 402.